The largest absolute Gasteiger partial charge is 0.482 e. The molecule has 1 atom stereocenters. The second-order valence-electron chi connectivity index (χ2n) is 4.17. The van der Waals surface area contributed by atoms with Gasteiger partial charge in [-0.1, -0.05) is 12.1 Å². The molecule has 1 aromatic heterocycles. The Kier molecular flexibility index (Phi) is 4.41. The molecule has 2 rings (SSSR count). The highest BCUT2D eigenvalue weighted by atomic mass is 32.1. The molecule has 1 amide bonds. The molecule has 0 radical (unpaired) electrons. The van der Waals surface area contributed by atoms with Crippen molar-refractivity contribution in [2.45, 2.75) is 13.0 Å². The molecule has 0 fully saturated rings. The van der Waals surface area contributed by atoms with Gasteiger partial charge in [0.15, 0.2) is 6.61 Å². The fourth-order valence-electron chi connectivity index (χ4n) is 1.64. The van der Waals surface area contributed by atoms with Crippen molar-refractivity contribution in [3.8, 4) is 5.75 Å². The number of ether oxygens (including phenoxy) is 1. The van der Waals surface area contributed by atoms with Gasteiger partial charge in [-0.25, -0.2) is 0 Å². The van der Waals surface area contributed by atoms with Crippen LogP contribution < -0.4 is 15.8 Å². The molecule has 0 aliphatic rings. The first kappa shape index (κ1) is 13.4. The molecular weight excluding hydrogens is 260 g/mol. The molecule has 0 aliphatic carbocycles. The number of thiophene rings is 1. The van der Waals surface area contributed by atoms with E-state index in [0.717, 1.165) is 5.56 Å². The zero-order valence-corrected chi connectivity index (χ0v) is 11.4. The van der Waals surface area contributed by atoms with Crippen LogP contribution in [0.25, 0.3) is 0 Å². The van der Waals surface area contributed by atoms with Crippen LogP contribution in [-0.2, 0) is 4.79 Å². The van der Waals surface area contributed by atoms with E-state index >= 15 is 0 Å². The zero-order chi connectivity index (χ0) is 13.7. The maximum absolute atomic E-state index is 11.8. The number of nitrogens with two attached hydrogens (primary N) is 1. The summed E-state index contributed by atoms with van der Waals surface area (Å²) in [7, 11) is 0. The molecule has 0 spiro atoms. The third-order valence-electron chi connectivity index (χ3n) is 2.70. The number of amides is 1. The van der Waals surface area contributed by atoms with Crippen molar-refractivity contribution >= 4 is 22.9 Å². The average Bonchev–Trinajstić information content (AvgIpc) is 2.91. The van der Waals surface area contributed by atoms with Gasteiger partial charge in [0, 0.05) is 0 Å². The minimum atomic E-state index is -0.165. The van der Waals surface area contributed by atoms with E-state index in [1.165, 1.54) is 0 Å². The lowest BCUT2D eigenvalue weighted by Crippen LogP contribution is -2.31. The first-order valence-electron chi connectivity index (χ1n) is 5.95. The van der Waals surface area contributed by atoms with Crippen LogP contribution >= 0.6 is 11.3 Å². The Morgan fingerprint density at radius 3 is 2.89 bits per heavy atom. The lowest BCUT2D eigenvalue weighted by Gasteiger charge is -2.13. The third kappa shape index (κ3) is 3.72. The second kappa shape index (κ2) is 6.24. The number of rotatable bonds is 5. The molecule has 0 bridgehead atoms. The lowest BCUT2D eigenvalue weighted by molar-refractivity contribution is -0.123. The summed E-state index contributed by atoms with van der Waals surface area (Å²) >= 11 is 1.61. The van der Waals surface area contributed by atoms with Gasteiger partial charge >= 0.3 is 0 Å². The van der Waals surface area contributed by atoms with Crippen molar-refractivity contribution in [2.24, 2.45) is 0 Å². The molecule has 100 valence electrons. The predicted octanol–water partition coefficient (Wildman–Crippen LogP) is 2.59. The van der Waals surface area contributed by atoms with Gasteiger partial charge in [-0.05, 0) is 41.4 Å². The monoisotopic (exact) mass is 276 g/mol. The Morgan fingerprint density at radius 2 is 2.21 bits per heavy atom. The van der Waals surface area contributed by atoms with Gasteiger partial charge in [-0.2, -0.15) is 11.3 Å². The van der Waals surface area contributed by atoms with Crippen molar-refractivity contribution in [1.29, 1.82) is 0 Å². The van der Waals surface area contributed by atoms with Gasteiger partial charge in [-0.3, -0.25) is 4.79 Å². The van der Waals surface area contributed by atoms with E-state index in [0.29, 0.717) is 11.4 Å². The number of para-hydroxylation sites is 2. The number of carbonyl (C=O) groups excluding carboxylic acids is 1. The number of anilines is 1. The summed E-state index contributed by atoms with van der Waals surface area (Å²) in [5.74, 6) is 0.364. The van der Waals surface area contributed by atoms with Crippen LogP contribution in [-0.4, -0.2) is 12.5 Å². The molecule has 1 heterocycles. The van der Waals surface area contributed by atoms with Crippen molar-refractivity contribution in [3.05, 3.63) is 46.7 Å². The van der Waals surface area contributed by atoms with Crippen molar-refractivity contribution < 1.29 is 9.53 Å². The number of nitrogens with one attached hydrogen (secondary N) is 1. The molecule has 1 unspecified atom stereocenters. The highest BCUT2D eigenvalue weighted by Gasteiger charge is 2.10. The third-order valence-corrected chi connectivity index (χ3v) is 3.40. The minimum Gasteiger partial charge on any atom is -0.482 e. The van der Waals surface area contributed by atoms with Crippen molar-refractivity contribution in [2.75, 3.05) is 12.3 Å². The van der Waals surface area contributed by atoms with Crippen molar-refractivity contribution in [3.63, 3.8) is 0 Å². The Morgan fingerprint density at radius 1 is 1.42 bits per heavy atom. The van der Waals surface area contributed by atoms with Gasteiger partial charge in [0.25, 0.3) is 5.91 Å². The molecular formula is C14H16N2O2S. The van der Waals surface area contributed by atoms with Crippen LogP contribution in [0, 0.1) is 0 Å². The van der Waals surface area contributed by atoms with Gasteiger partial charge in [0.2, 0.25) is 0 Å². The van der Waals surface area contributed by atoms with E-state index in [2.05, 4.69) is 5.32 Å². The Balaban J connectivity index is 1.84. The van der Waals surface area contributed by atoms with E-state index in [4.69, 9.17) is 10.5 Å². The van der Waals surface area contributed by atoms with Gasteiger partial charge < -0.3 is 15.8 Å². The molecule has 0 saturated heterocycles. The maximum atomic E-state index is 11.8. The summed E-state index contributed by atoms with van der Waals surface area (Å²) in [5.41, 5.74) is 7.35. The fraction of sp³-hybridized carbons (Fsp3) is 0.214. The number of hydrogen-bond acceptors (Lipinski definition) is 4. The summed E-state index contributed by atoms with van der Waals surface area (Å²) < 4.78 is 5.38. The summed E-state index contributed by atoms with van der Waals surface area (Å²) in [6.07, 6.45) is 0. The summed E-state index contributed by atoms with van der Waals surface area (Å²) in [6.45, 7) is 1.90. The van der Waals surface area contributed by atoms with Crippen LogP contribution in [0.15, 0.2) is 41.1 Å². The Labute approximate surface area is 116 Å². The van der Waals surface area contributed by atoms with E-state index in [-0.39, 0.29) is 18.6 Å². The molecule has 3 N–H and O–H groups in total. The number of carbonyl (C=O) groups is 1. The normalized spacial score (nSPS) is 11.8. The van der Waals surface area contributed by atoms with Crippen LogP contribution in [0.5, 0.6) is 5.75 Å². The molecule has 19 heavy (non-hydrogen) atoms. The predicted molar refractivity (Wildman–Crippen MR) is 77.2 cm³/mol. The van der Waals surface area contributed by atoms with Crippen molar-refractivity contribution in [1.82, 2.24) is 5.32 Å². The molecule has 1 aromatic carbocycles. The molecule has 0 aliphatic heterocycles. The van der Waals surface area contributed by atoms with E-state index in [1.807, 2.05) is 35.9 Å². The summed E-state index contributed by atoms with van der Waals surface area (Å²) in [4.78, 5) is 11.8. The second-order valence-corrected chi connectivity index (χ2v) is 4.95. The van der Waals surface area contributed by atoms with Crippen LogP contribution in [0.3, 0.4) is 0 Å². The SMILES string of the molecule is CC(NC(=O)COc1ccccc1N)c1ccsc1. The van der Waals surface area contributed by atoms with Crippen LogP contribution in [0.2, 0.25) is 0 Å². The van der Waals surface area contributed by atoms with Gasteiger partial charge in [0.05, 0.1) is 11.7 Å². The molecule has 5 heteroatoms. The standard InChI is InChI=1S/C14H16N2O2S/c1-10(11-6-7-19-9-11)16-14(17)8-18-13-5-3-2-4-12(13)15/h2-7,9-10H,8,15H2,1H3,(H,16,17). The highest BCUT2D eigenvalue weighted by molar-refractivity contribution is 7.07. The maximum Gasteiger partial charge on any atom is 0.258 e. The minimum absolute atomic E-state index is 0.0181. The highest BCUT2D eigenvalue weighted by Crippen LogP contribution is 2.19. The van der Waals surface area contributed by atoms with Gasteiger partial charge in [-0.15, -0.1) is 0 Å². The Hall–Kier alpha value is -2.01. The zero-order valence-electron chi connectivity index (χ0n) is 10.6. The van der Waals surface area contributed by atoms with E-state index < -0.39 is 0 Å². The van der Waals surface area contributed by atoms with Gasteiger partial charge in [0.1, 0.15) is 5.75 Å². The Bertz CT molecular complexity index is 540. The number of nitrogen functional groups attached to an aromatic ring is 1. The first-order chi connectivity index (χ1) is 9.16. The summed E-state index contributed by atoms with van der Waals surface area (Å²) in [5, 5.41) is 6.87. The van der Waals surface area contributed by atoms with Crippen LogP contribution in [0.1, 0.15) is 18.5 Å². The first-order valence-corrected chi connectivity index (χ1v) is 6.90. The molecule has 2 aromatic rings. The molecule has 4 nitrogen and oxygen atoms in total. The average molecular weight is 276 g/mol. The van der Waals surface area contributed by atoms with E-state index in [9.17, 15) is 4.79 Å². The molecule has 0 saturated carbocycles. The van der Waals surface area contributed by atoms with E-state index in [1.54, 1.807) is 23.5 Å². The number of benzene rings is 1. The smallest absolute Gasteiger partial charge is 0.258 e. The topological polar surface area (TPSA) is 64.3 Å². The fourth-order valence-corrected chi connectivity index (χ4v) is 2.40. The summed E-state index contributed by atoms with van der Waals surface area (Å²) in [6, 6.07) is 9.09. The quantitative estimate of drug-likeness (QED) is 0.825. The lowest BCUT2D eigenvalue weighted by atomic mass is 10.2. The number of hydrogen-bond donors (Lipinski definition) is 2. The van der Waals surface area contributed by atoms with Crippen LogP contribution in [0.4, 0.5) is 5.69 Å².